The number of hydrogen-bond acceptors (Lipinski definition) is 4. The molecule has 1 amide bonds. The molecular weight excluding hydrogens is 218 g/mol. The monoisotopic (exact) mass is 237 g/mol. The lowest BCUT2D eigenvalue weighted by molar-refractivity contribution is 0.0712. The summed E-state index contributed by atoms with van der Waals surface area (Å²) in [6.07, 6.45) is 2.43. The Kier molecular flexibility index (Phi) is 3.47. The number of piperidine rings is 1. The molecule has 0 aromatic carbocycles. The first-order chi connectivity index (χ1) is 8.13. The lowest BCUT2D eigenvalue weighted by Crippen LogP contribution is -2.43. The lowest BCUT2D eigenvalue weighted by atomic mass is 10.0. The predicted molar refractivity (Wildman–Crippen MR) is 63.7 cm³/mol. The summed E-state index contributed by atoms with van der Waals surface area (Å²) in [6.45, 7) is 5.23. The largest absolute Gasteiger partial charge is 0.360 e. The van der Waals surface area contributed by atoms with E-state index in [1.54, 1.807) is 0 Å². The first-order valence-electron chi connectivity index (χ1n) is 6.13. The van der Waals surface area contributed by atoms with Crippen molar-refractivity contribution < 1.29 is 9.32 Å². The van der Waals surface area contributed by atoms with E-state index in [9.17, 15) is 4.79 Å². The van der Waals surface area contributed by atoms with Crippen LogP contribution in [0.3, 0.4) is 0 Å². The third-order valence-corrected chi connectivity index (χ3v) is 3.30. The summed E-state index contributed by atoms with van der Waals surface area (Å²) >= 11 is 0. The molecule has 94 valence electrons. The maximum absolute atomic E-state index is 12.4. The molecule has 1 fully saturated rings. The van der Waals surface area contributed by atoms with Crippen LogP contribution in [0.25, 0.3) is 0 Å². The molecule has 2 N–H and O–H groups in total. The van der Waals surface area contributed by atoms with Crippen molar-refractivity contribution in [2.75, 3.05) is 13.1 Å². The van der Waals surface area contributed by atoms with Gasteiger partial charge in [-0.1, -0.05) is 12.1 Å². The van der Waals surface area contributed by atoms with Crippen molar-refractivity contribution in [2.24, 2.45) is 5.73 Å². The smallest absolute Gasteiger partial charge is 0.259 e. The van der Waals surface area contributed by atoms with Crippen molar-refractivity contribution in [3.05, 3.63) is 17.0 Å². The zero-order valence-electron chi connectivity index (χ0n) is 10.4. The molecule has 1 aromatic rings. The minimum absolute atomic E-state index is 0.0347. The molecule has 0 radical (unpaired) electrons. The summed E-state index contributed by atoms with van der Waals surface area (Å²) in [4.78, 5) is 14.2. The molecule has 2 heterocycles. The Hall–Kier alpha value is -1.36. The zero-order chi connectivity index (χ0) is 12.4. The second kappa shape index (κ2) is 4.87. The van der Waals surface area contributed by atoms with E-state index in [1.807, 2.05) is 18.7 Å². The van der Waals surface area contributed by atoms with Crippen LogP contribution >= 0.6 is 0 Å². The minimum atomic E-state index is 0.0347. The van der Waals surface area contributed by atoms with Gasteiger partial charge in [-0.15, -0.1) is 0 Å². The number of nitrogens with zero attached hydrogens (tertiary/aromatic N) is 2. The van der Waals surface area contributed by atoms with Crippen LogP contribution in [0.5, 0.6) is 0 Å². The molecule has 0 bridgehead atoms. The Morgan fingerprint density at radius 1 is 1.53 bits per heavy atom. The molecule has 17 heavy (non-hydrogen) atoms. The van der Waals surface area contributed by atoms with Gasteiger partial charge < -0.3 is 15.2 Å². The summed E-state index contributed by atoms with van der Waals surface area (Å²) in [7, 11) is 0. The van der Waals surface area contributed by atoms with Gasteiger partial charge in [0.2, 0.25) is 0 Å². The highest BCUT2D eigenvalue weighted by atomic mass is 16.5. The van der Waals surface area contributed by atoms with E-state index in [0.29, 0.717) is 23.4 Å². The van der Waals surface area contributed by atoms with Crippen molar-refractivity contribution in [3.8, 4) is 0 Å². The molecular formula is C12H19N3O2. The van der Waals surface area contributed by atoms with Gasteiger partial charge in [-0.3, -0.25) is 4.79 Å². The molecule has 1 saturated heterocycles. The van der Waals surface area contributed by atoms with Gasteiger partial charge >= 0.3 is 0 Å². The van der Waals surface area contributed by atoms with Crippen LogP contribution in [0, 0.1) is 6.92 Å². The second-order valence-corrected chi connectivity index (χ2v) is 4.55. The van der Waals surface area contributed by atoms with Crippen molar-refractivity contribution in [1.29, 1.82) is 0 Å². The Morgan fingerprint density at radius 3 is 2.76 bits per heavy atom. The van der Waals surface area contributed by atoms with Crippen LogP contribution < -0.4 is 5.73 Å². The van der Waals surface area contributed by atoms with Crippen molar-refractivity contribution in [3.63, 3.8) is 0 Å². The molecule has 0 aliphatic carbocycles. The summed E-state index contributed by atoms with van der Waals surface area (Å²) in [5.74, 6) is 0.717. The molecule has 5 heteroatoms. The van der Waals surface area contributed by atoms with Crippen LogP contribution in [-0.4, -0.2) is 35.1 Å². The highest BCUT2D eigenvalue weighted by molar-refractivity contribution is 5.96. The van der Waals surface area contributed by atoms with Gasteiger partial charge in [0.1, 0.15) is 11.3 Å². The molecule has 1 aliphatic heterocycles. The number of carbonyl (C=O) groups excluding carboxylic acids is 1. The van der Waals surface area contributed by atoms with E-state index in [4.69, 9.17) is 10.3 Å². The number of amides is 1. The molecule has 0 unspecified atom stereocenters. The van der Waals surface area contributed by atoms with Gasteiger partial charge in [0.05, 0.1) is 5.69 Å². The molecule has 1 aliphatic rings. The number of aryl methyl sites for hydroxylation is 2. The highest BCUT2D eigenvalue weighted by Gasteiger charge is 2.26. The van der Waals surface area contributed by atoms with Gasteiger partial charge in [-0.05, 0) is 19.8 Å². The van der Waals surface area contributed by atoms with Gasteiger partial charge in [-0.25, -0.2) is 0 Å². The van der Waals surface area contributed by atoms with Crippen molar-refractivity contribution in [1.82, 2.24) is 10.1 Å². The van der Waals surface area contributed by atoms with Crippen LogP contribution in [0.2, 0.25) is 0 Å². The number of hydrogen-bond donors (Lipinski definition) is 1. The standard InChI is InChI=1S/C12H19N3O2/c1-3-10-11(8(2)14-17-10)12(16)15-6-4-9(13)5-7-15/h9H,3-7,13H2,1-2H3. The summed E-state index contributed by atoms with van der Waals surface area (Å²) in [5.41, 5.74) is 7.16. The average molecular weight is 237 g/mol. The summed E-state index contributed by atoms with van der Waals surface area (Å²) in [6, 6.07) is 0.230. The predicted octanol–water partition coefficient (Wildman–Crippen LogP) is 1.11. The summed E-state index contributed by atoms with van der Waals surface area (Å²) < 4.78 is 5.16. The van der Waals surface area contributed by atoms with E-state index in [-0.39, 0.29) is 11.9 Å². The third kappa shape index (κ3) is 2.34. The van der Waals surface area contributed by atoms with E-state index in [2.05, 4.69) is 5.16 Å². The second-order valence-electron chi connectivity index (χ2n) is 4.55. The first kappa shape index (κ1) is 12.1. The Morgan fingerprint density at radius 2 is 2.18 bits per heavy atom. The fourth-order valence-corrected chi connectivity index (χ4v) is 2.19. The van der Waals surface area contributed by atoms with Crippen LogP contribution in [-0.2, 0) is 6.42 Å². The Labute approximate surface area is 101 Å². The fourth-order valence-electron chi connectivity index (χ4n) is 2.19. The van der Waals surface area contributed by atoms with Gasteiger partial charge in [0.25, 0.3) is 5.91 Å². The Bertz CT molecular complexity index is 406. The SMILES string of the molecule is CCc1onc(C)c1C(=O)N1CCC(N)CC1. The molecule has 5 nitrogen and oxygen atoms in total. The Balaban J connectivity index is 2.16. The van der Waals surface area contributed by atoms with Crippen LogP contribution in [0.1, 0.15) is 41.6 Å². The zero-order valence-corrected chi connectivity index (χ0v) is 10.4. The third-order valence-electron chi connectivity index (χ3n) is 3.30. The van der Waals surface area contributed by atoms with E-state index < -0.39 is 0 Å². The van der Waals surface area contributed by atoms with Gasteiger partial charge in [-0.2, -0.15) is 0 Å². The van der Waals surface area contributed by atoms with Crippen LogP contribution in [0.4, 0.5) is 0 Å². The highest BCUT2D eigenvalue weighted by Crippen LogP contribution is 2.19. The number of carbonyl (C=O) groups is 1. The van der Waals surface area contributed by atoms with Gasteiger partial charge in [0, 0.05) is 25.6 Å². The number of aromatic nitrogens is 1. The maximum Gasteiger partial charge on any atom is 0.259 e. The average Bonchev–Trinajstić information content (AvgIpc) is 2.70. The van der Waals surface area contributed by atoms with E-state index in [0.717, 1.165) is 25.9 Å². The maximum atomic E-state index is 12.4. The summed E-state index contributed by atoms with van der Waals surface area (Å²) in [5, 5.41) is 3.87. The number of likely N-dealkylation sites (tertiary alicyclic amines) is 1. The van der Waals surface area contributed by atoms with Crippen molar-refractivity contribution >= 4 is 5.91 Å². The van der Waals surface area contributed by atoms with Crippen molar-refractivity contribution in [2.45, 2.75) is 39.2 Å². The molecule has 0 saturated carbocycles. The normalized spacial score (nSPS) is 17.5. The van der Waals surface area contributed by atoms with E-state index in [1.165, 1.54) is 0 Å². The quantitative estimate of drug-likeness (QED) is 0.836. The first-order valence-corrected chi connectivity index (χ1v) is 6.13. The molecule has 2 rings (SSSR count). The van der Waals surface area contributed by atoms with E-state index >= 15 is 0 Å². The lowest BCUT2D eigenvalue weighted by Gasteiger charge is -2.30. The minimum Gasteiger partial charge on any atom is -0.360 e. The number of rotatable bonds is 2. The molecule has 0 atom stereocenters. The van der Waals surface area contributed by atoms with Crippen LogP contribution in [0.15, 0.2) is 4.52 Å². The fraction of sp³-hybridized carbons (Fsp3) is 0.667. The number of nitrogens with two attached hydrogens (primary N) is 1. The topological polar surface area (TPSA) is 72.4 Å². The molecule has 0 spiro atoms. The molecule has 1 aromatic heterocycles. The van der Waals surface area contributed by atoms with Gasteiger partial charge in [0.15, 0.2) is 0 Å².